The van der Waals surface area contributed by atoms with Crippen molar-refractivity contribution < 1.29 is 30.7 Å². The van der Waals surface area contributed by atoms with Crippen LogP contribution in [0.2, 0.25) is 0 Å². The average molecular weight is 363 g/mol. The maximum absolute atomic E-state index is 13.9. The van der Waals surface area contributed by atoms with Gasteiger partial charge in [-0.1, -0.05) is 54.6 Å². The molecule has 0 heterocycles. The minimum absolute atomic E-state index is 0.517. The van der Waals surface area contributed by atoms with E-state index in [-0.39, 0.29) is 0 Å². The van der Waals surface area contributed by atoms with E-state index < -0.39 is 29.3 Å². The van der Waals surface area contributed by atoms with Gasteiger partial charge in [0.15, 0.2) is 0 Å². The van der Waals surface area contributed by atoms with Gasteiger partial charge in [-0.15, -0.1) is 0 Å². The van der Waals surface area contributed by atoms with Crippen LogP contribution in [0.1, 0.15) is 5.56 Å². The summed E-state index contributed by atoms with van der Waals surface area (Å²) in [5.41, 5.74) is -0.826. The topological polar surface area (TPSA) is 12.4 Å². The molecule has 2 aromatic rings. The van der Waals surface area contributed by atoms with Gasteiger partial charge in [0.2, 0.25) is 0 Å². The third-order valence-corrected chi connectivity index (χ3v) is 3.54. The first kappa shape index (κ1) is 19.0. The lowest BCUT2D eigenvalue weighted by atomic mass is 9.96. The van der Waals surface area contributed by atoms with E-state index in [1.54, 1.807) is 30.3 Å². The van der Waals surface area contributed by atoms with Crippen molar-refractivity contribution in [2.75, 3.05) is 7.05 Å². The summed E-state index contributed by atoms with van der Waals surface area (Å²) < 4.78 is 91.2. The molecular weight excluding hydrogens is 351 g/mol. The van der Waals surface area contributed by atoms with Gasteiger partial charge in [0, 0.05) is 12.6 Å². The molecule has 8 heteroatoms. The Morgan fingerprint density at radius 3 is 1.64 bits per heavy atom. The molecule has 0 fully saturated rings. The standard InChI is InChI=1S/C17H12F7N/c1-25-14(15(18,19)16(20,21)17(22,23)24)13-9-7-12(8-10-13)11-5-3-2-4-6-11/h2-10H,1H3/b25-14-. The highest BCUT2D eigenvalue weighted by molar-refractivity contribution is 6.06. The first-order valence-electron chi connectivity index (χ1n) is 6.98. The maximum atomic E-state index is 13.9. The highest BCUT2D eigenvalue weighted by Gasteiger charge is 2.74. The monoisotopic (exact) mass is 363 g/mol. The second kappa shape index (κ2) is 6.50. The number of nitrogens with zero attached hydrogens (tertiary/aromatic N) is 1. The summed E-state index contributed by atoms with van der Waals surface area (Å²) in [7, 11) is 0.737. The van der Waals surface area contributed by atoms with Crippen LogP contribution in [0.5, 0.6) is 0 Å². The molecule has 0 bridgehead atoms. The molecule has 0 radical (unpaired) electrons. The molecule has 2 aromatic carbocycles. The van der Waals surface area contributed by atoms with Crippen LogP contribution in [0.3, 0.4) is 0 Å². The van der Waals surface area contributed by atoms with Gasteiger partial charge in [0.25, 0.3) is 0 Å². The number of alkyl halides is 7. The normalized spacial score (nSPS) is 13.8. The number of hydrogen-bond acceptors (Lipinski definition) is 1. The molecule has 25 heavy (non-hydrogen) atoms. The summed E-state index contributed by atoms with van der Waals surface area (Å²) in [5, 5.41) is 0. The highest BCUT2D eigenvalue weighted by Crippen LogP contribution is 2.48. The largest absolute Gasteiger partial charge is 0.460 e. The van der Waals surface area contributed by atoms with E-state index in [2.05, 4.69) is 4.99 Å². The van der Waals surface area contributed by atoms with Crippen molar-refractivity contribution >= 4 is 5.71 Å². The Hall–Kier alpha value is -2.38. The van der Waals surface area contributed by atoms with Gasteiger partial charge in [0.1, 0.15) is 5.71 Å². The molecule has 1 nitrogen and oxygen atoms in total. The second-order valence-electron chi connectivity index (χ2n) is 5.16. The van der Waals surface area contributed by atoms with Crippen molar-refractivity contribution in [1.29, 1.82) is 0 Å². The van der Waals surface area contributed by atoms with Gasteiger partial charge in [-0.25, -0.2) is 0 Å². The zero-order chi connectivity index (χ0) is 18.9. The molecule has 0 aromatic heterocycles. The Kier molecular flexibility index (Phi) is 4.92. The van der Waals surface area contributed by atoms with E-state index in [0.29, 0.717) is 5.56 Å². The Bertz CT molecular complexity index is 747. The van der Waals surface area contributed by atoms with Crippen molar-refractivity contribution in [2.45, 2.75) is 18.0 Å². The van der Waals surface area contributed by atoms with E-state index in [0.717, 1.165) is 24.7 Å². The van der Waals surface area contributed by atoms with Gasteiger partial charge in [-0.05, 0) is 11.1 Å². The number of aliphatic imine (C=N–C) groups is 1. The summed E-state index contributed by atoms with van der Waals surface area (Å²) in [6.07, 6.45) is -6.41. The molecule has 0 atom stereocenters. The average Bonchev–Trinajstić information content (AvgIpc) is 2.55. The lowest BCUT2D eigenvalue weighted by Crippen LogP contribution is -2.56. The predicted octanol–water partition coefficient (Wildman–Crippen LogP) is 5.61. The molecule has 0 spiro atoms. The number of halogens is 7. The highest BCUT2D eigenvalue weighted by atomic mass is 19.4. The van der Waals surface area contributed by atoms with Crippen LogP contribution in [0.15, 0.2) is 59.6 Å². The van der Waals surface area contributed by atoms with Gasteiger partial charge in [-0.2, -0.15) is 30.7 Å². The molecule has 134 valence electrons. The van der Waals surface area contributed by atoms with Crippen LogP contribution in [0.25, 0.3) is 11.1 Å². The van der Waals surface area contributed by atoms with Crippen LogP contribution in [-0.2, 0) is 0 Å². The fraction of sp³-hybridized carbons (Fsp3) is 0.235. The van der Waals surface area contributed by atoms with E-state index in [1.165, 1.54) is 12.1 Å². The molecule has 0 saturated carbocycles. The minimum atomic E-state index is -6.41. The smallest absolute Gasteiger partial charge is 0.286 e. The quantitative estimate of drug-likeness (QED) is 0.495. The fourth-order valence-electron chi connectivity index (χ4n) is 2.23. The summed E-state index contributed by atoms with van der Waals surface area (Å²) in [5.74, 6) is -11.7. The van der Waals surface area contributed by atoms with Crippen molar-refractivity contribution in [3.8, 4) is 11.1 Å². The summed E-state index contributed by atoms with van der Waals surface area (Å²) in [6, 6.07) is 13.5. The van der Waals surface area contributed by atoms with Gasteiger partial charge < -0.3 is 0 Å². The van der Waals surface area contributed by atoms with Gasteiger partial charge in [0.05, 0.1) is 0 Å². The second-order valence-corrected chi connectivity index (χ2v) is 5.16. The zero-order valence-electron chi connectivity index (χ0n) is 12.8. The molecule has 0 N–H and O–H groups in total. The van der Waals surface area contributed by atoms with Gasteiger partial charge in [-0.3, -0.25) is 4.99 Å². The van der Waals surface area contributed by atoms with Crippen LogP contribution >= 0.6 is 0 Å². The predicted molar refractivity (Wildman–Crippen MR) is 80.3 cm³/mol. The van der Waals surface area contributed by atoms with Crippen LogP contribution < -0.4 is 0 Å². The van der Waals surface area contributed by atoms with Gasteiger partial charge >= 0.3 is 18.0 Å². The van der Waals surface area contributed by atoms with E-state index in [1.807, 2.05) is 0 Å². The first-order valence-corrected chi connectivity index (χ1v) is 6.98. The summed E-state index contributed by atoms with van der Waals surface area (Å²) in [4.78, 5) is 3.00. The Morgan fingerprint density at radius 2 is 1.20 bits per heavy atom. The molecule has 0 saturated heterocycles. The Morgan fingerprint density at radius 1 is 0.720 bits per heavy atom. The Labute approximate surface area is 138 Å². The third-order valence-electron chi connectivity index (χ3n) is 3.54. The number of hydrogen-bond donors (Lipinski definition) is 0. The van der Waals surface area contributed by atoms with Crippen LogP contribution in [0, 0.1) is 0 Å². The van der Waals surface area contributed by atoms with E-state index in [9.17, 15) is 30.7 Å². The fourth-order valence-corrected chi connectivity index (χ4v) is 2.23. The lowest BCUT2D eigenvalue weighted by Gasteiger charge is -2.29. The SMILES string of the molecule is C/N=C(/c1ccc(-c2ccccc2)cc1)C(F)(F)C(F)(F)C(F)(F)F. The summed E-state index contributed by atoms with van der Waals surface area (Å²) in [6.45, 7) is 0. The molecule has 0 unspecified atom stereocenters. The lowest BCUT2D eigenvalue weighted by molar-refractivity contribution is -0.336. The van der Waals surface area contributed by atoms with Crippen molar-refractivity contribution in [3.63, 3.8) is 0 Å². The molecule has 0 aliphatic heterocycles. The molecular formula is C17H12F7N. The number of rotatable bonds is 4. The zero-order valence-corrected chi connectivity index (χ0v) is 12.8. The van der Waals surface area contributed by atoms with Crippen LogP contribution in [-0.4, -0.2) is 30.8 Å². The minimum Gasteiger partial charge on any atom is -0.286 e. The molecule has 0 aliphatic rings. The first-order chi connectivity index (χ1) is 11.5. The van der Waals surface area contributed by atoms with Crippen molar-refractivity contribution in [2.24, 2.45) is 4.99 Å². The molecule has 0 amide bonds. The van der Waals surface area contributed by atoms with Crippen molar-refractivity contribution in [1.82, 2.24) is 0 Å². The summed E-state index contributed by atoms with van der Waals surface area (Å²) >= 11 is 0. The number of benzene rings is 2. The van der Waals surface area contributed by atoms with E-state index in [4.69, 9.17) is 0 Å². The van der Waals surface area contributed by atoms with Crippen LogP contribution in [0.4, 0.5) is 30.7 Å². The maximum Gasteiger partial charge on any atom is 0.460 e. The molecule has 0 aliphatic carbocycles. The van der Waals surface area contributed by atoms with E-state index >= 15 is 0 Å². The van der Waals surface area contributed by atoms with Crippen molar-refractivity contribution in [3.05, 3.63) is 60.2 Å². The molecule has 2 rings (SSSR count). The third kappa shape index (κ3) is 3.38. The Balaban J connectivity index is 2.42.